The number of hydrogen-bond donors (Lipinski definition) is 2. The Bertz CT molecular complexity index is 413. The summed E-state index contributed by atoms with van der Waals surface area (Å²) in [6, 6.07) is 4.10. The molecule has 0 bridgehead atoms. The van der Waals surface area contributed by atoms with E-state index in [1.807, 2.05) is 19.1 Å². The van der Waals surface area contributed by atoms with Gasteiger partial charge in [-0.15, -0.1) is 11.3 Å². The van der Waals surface area contributed by atoms with E-state index in [2.05, 4.69) is 10.6 Å². The molecule has 1 aliphatic carbocycles. The zero-order chi connectivity index (χ0) is 13.7. The molecule has 2 rings (SSSR count). The van der Waals surface area contributed by atoms with Crippen LogP contribution in [0.1, 0.15) is 56.4 Å². The second kappa shape index (κ2) is 7.15. The summed E-state index contributed by atoms with van der Waals surface area (Å²) >= 11 is 7.42. The van der Waals surface area contributed by atoms with Crippen LogP contribution in [0.2, 0.25) is 4.34 Å². The summed E-state index contributed by atoms with van der Waals surface area (Å²) in [4.78, 5) is 13.0. The van der Waals surface area contributed by atoms with E-state index >= 15 is 0 Å². The molecule has 1 aromatic heterocycles. The summed E-state index contributed by atoms with van der Waals surface area (Å²) in [5, 5.41) is 6.07. The highest BCUT2D eigenvalue weighted by Gasteiger charge is 2.16. The van der Waals surface area contributed by atoms with Crippen LogP contribution in [0.15, 0.2) is 12.1 Å². The van der Waals surface area contributed by atoms with E-state index in [0.29, 0.717) is 6.04 Å². The van der Waals surface area contributed by atoms with E-state index in [4.69, 9.17) is 11.6 Å². The van der Waals surface area contributed by atoms with Crippen LogP contribution in [0.25, 0.3) is 0 Å². The van der Waals surface area contributed by atoms with Crippen molar-refractivity contribution in [3.63, 3.8) is 0 Å². The molecule has 0 aromatic carbocycles. The molecular formula is C14H21ClN2OS. The number of urea groups is 1. The van der Waals surface area contributed by atoms with Gasteiger partial charge in [0, 0.05) is 10.9 Å². The van der Waals surface area contributed by atoms with Crippen LogP contribution in [0.3, 0.4) is 0 Å². The molecule has 1 unspecified atom stereocenters. The Morgan fingerprint density at radius 3 is 2.58 bits per heavy atom. The van der Waals surface area contributed by atoms with Gasteiger partial charge in [0.2, 0.25) is 0 Å². The maximum Gasteiger partial charge on any atom is 0.315 e. The van der Waals surface area contributed by atoms with Gasteiger partial charge in [0.25, 0.3) is 0 Å². The third-order valence-electron chi connectivity index (χ3n) is 3.56. The van der Waals surface area contributed by atoms with Gasteiger partial charge in [-0.05, 0) is 31.9 Å². The minimum atomic E-state index is -0.0658. The van der Waals surface area contributed by atoms with Crippen molar-refractivity contribution in [2.75, 3.05) is 0 Å². The van der Waals surface area contributed by atoms with Crippen molar-refractivity contribution >= 4 is 29.0 Å². The largest absolute Gasteiger partial charge is 0.335 e. The molecule has 106 valence electrons. The lowest BCUT2D eigenvalue weighted by Gasteiger charge is -2.19. The van der Waals surface area contributed by atoms with Crippen molar-refractivity contribution < 1.29 is 4.79 Å². The first-order valence-corrected chi connectivity index (χ1v) is 8.17. The number of rotatable bonds is 3. The second-order valence-electron chi connectivity index (χ2n) is 5.17. The average molecular weight is 301 g/mol. The topological polar surface area (TPSA) is 41.1 Å². The number of thiophene rings is 1. The molecule has 0 spiro atoms. The number of hydrogen-bond acceptors (Lipinski definition) is 2. The molecule has 2 N–H and O–H groups in total. The van der Waals surface area contributed by atoms with E-state index in [9.17, 15) is 4.79 Å². The Morgan fingerprint density at radius 2 is 2.00 bits per heavy atom. The number of halogens is 1. The minimum Gasteiger partial charge on any atom is -0.335 e. The maximum absolute atomic E-state index is 12.0. The summed E-state index contributed by atoms with van der Waals surface area (Å²) in [6.45, 7) is 1.98. The second-order valence-corrected chi connectivity index (χ2v) is 6.92. The highest BCUT2D eigenvalue weighted by atomic mass is 35.5. The third-order valence-corrected chi connectivity index (χ3v) is 4.97. The van der Waals surface area contributed by atoms with Gasteiger partial charge in [-0.1, -0.05) is 37.3 Å². The Hall–Kier alpha value is -0.740. The lowest BCUT2D eigenvalue weighted by atomic mass is 10.1. The van der Waals surface area contributed by atoms with E-state index in [0.717, 1.165) is 22.1 Å². The Labute approximate surface area is 123 Å². The SMILES string of the molecule is CC(NC(=O)NC1CCCCCC1)c1ccc(Cl)s1. The number of amides is 2. The predicted molar refractivity (Wildman–Crippen MR) is 80.9 cm³/mol. The van der Waals surface area contributed by atoms with Crippen LogP contribution in [0.5, 0.6) is 0 Å². The molecule has 5 heteroatoms. The number of nitrogens with one attached hydrogen (secondary N) is 2. The van der Waals surface area contributed by atoms with E-state index in [1.165, 1.54) is 37.0 Å². The van der Waals surface area contributed by atoms with Gasteiger partial charge in [-0.3, -0.25) is 0 Å². The van der Waals surface area contributed by atoms with E-state index in [-0.39, 0.29) is 12.1 Å². The molecule has 1 heterocycles. The Morgan fingerprint density at radius 1 is 1.32 bits per heavy atom. The van der Waals surface area contributed by atoms with Crippen LogP contribution >= 0.6 is 22.9 Å². The molecule has 1 aromatic rings. The van der Waals surface area contributed by atoms with Crippen LogP contribution in [0.4, 0.5) is 4.79 Å². The van der Waals surface area contributed by atoms with Crippen molar-refractivity contribution in [3.8, 4) is 0 Å². The van der Waals surface area contributed by atoms with E-state index < -0.39 is 0 Å². The molecule has 3 nitrogen and oxygen atoms in total. The summed E-state index contributed by atoms with van der Waals surface area (Å²) < 4.78 is 0.757. The van der Waals surface area contributed by atoms with Gasteiger partial charge in [0.05, 0.1) is 10.4 Å². The first-order chi connectivity index (χ1) is 9.15. The lowest BCUT2D eigenvalue weighted by molar-refractivity contribution is 0.232. The monoisotopic (exact) mass is 300 g/mol. The molecule has 1 saturated carbocycles. The van der Waals surface area contributed by atoms with Crippen molar-refractivity contribution in [3.05, 3.63) is 21.3 Å². The molecule has 2 amide bonds. The van der Waals surface area contributed by atoms with Crippen molar-refractivity contribution in [1.82, 2.24) is 10.6 Å². The third kappa shape index (κ3) is 4.69. The zero-order valence-electron chi connectivity index (χ0n) is 11.2. The molecule has 1 fully saturated rings. The smallest absolute Gasteiger partial charge is 0.315 e. The Balaban J connectivity index is 1.80. The van der Waals surface area contributed by atoms with Crippen molar-refractivity contribution in [2.24, 2.45) is 0 Å². The summed E-state index contributed by atoms with van der Waals surface area (Å²) in [7, 11) is 0. The maximum atomic E-state index is 12.0. The van der Waals surface area contributed by atoms with Crippen LogP contribution < -0.4 is 10.6 Å². The highest BCUT2D eigenvalue weighted by Crippen LogP contribution is 2.26. The van der Waals surface area contributed by atoms with Gasteiger partial charge in [0.1, 0.15) is 0 Å². The first kappa shape index (κ1) is 14.7. The van der Waals surface area contributed by atoms with Gasteiger partial charge < -0.3 is 10.6 Å². The average Bonchev–Trinajstić information content (AvgIpc) is 2.64. The molecular weight excluding hydrogens is 280 g/mol. The molecule has 1 aliphatic rings. The molecule has 19 heavy (non-hydrogen) atoms. The van der Waals surface area contributed by atoms with Gasteiger partial charge in [-0.25, -0.2) is 4.79 Å². The standard InChI is InChI=1S/C14H21ClN2OS/c1-10(12-8-9-13(15)19-12)16-14(18)17-11-6-4-2-3-5-7-11/h8-11H,2-7H2,1H3,(H2,16,17,18). The normalized spacial score (nSPS) is 18.6. The summed E-state index contributed by atoms with van der Waals surface area (Å²) in [5.41, 5.74) is 0. The van der Waals surface area contributed by atoms with Gasteiger partial charge >= 0.3 is 6.03 Å². The molecule has 0 aliphatic heterocycles. The number of carbonyl (C=O) groups is 1. The van der Waals surface area contributed by atoms with Crippen molar-refractivity contribution in [2.45, 2.75) is 57.5 Å². The minimum absolute atomic E-state index is 0.00304. The zero-order valence-corrected chi connectivity index (χ0v) is 12.8. The Kier molecular flexibility index (Phi) is 5.52. The number of carbonyl (C=O) groups excluding carboxylic acids is 1. The fraction of sp³-hybridized carbons (Fsp3) is 0.643. The lowest BCUT2D eigenvalue weighted by Crippen LogP contribution is -2.42. The fourth-order valence-corrected chi connectivity index (χ4v) is 3.54. The first-order valence-electron chi connectivity index (χ1n) is 6.97. The molecule has 0 radical (unpaired) electrons. The van der Waals surface area contributed by atoms with E-state index in [1.54, 1.807) is 0 Å². The summed E-state index contributed by atoms with van der Waals surface area (Å²) in [6.07, 6.45) is 7.25. The van der Waals surface area contributed by atoms with Gasteiger partial charge in [-0.2, -0.15) is 0 Å². The fourth-order valence-electron chi connectivity index (χ4n) is 2.48. The van der Waals surface area contributed by atoms with Crippen LogP contribution in [-0.4, -0.2) is 12.1 Å². The van der Waals surface area contributed by atoms with Crippen molar-refractivity contribution in [1.29, 1.82) is 0 Å². The molecule has 1 atom stereocenters. The molecule has 0 saturated heterocycles. The predicted octanol–water partition coefficient (Wildman–Crippen LogP) is 4.48. The highest BCUT2D eigenvalue weighted by molar-refractivity contribution is 7.16. The van der Waals surface area contributed by atoms with Gasteiger partial charge in [0.15, 0.2) is 0 Å². The quantitative estimate of drug-likeness (QED) is 0.794. The summed E-state index contributed by atoms with van der Waals surface area (Å²) in [5.74, 6) is 0. The van der Waals surface area contributed by atoms with Crippen LogP contribution in [-0.2, 0) is 0 Å². The van der Waals surface area contributed by atoms with Crippen LogP contribution in [0, 0.1) is 0 Å².